The highest BCUT2D eigenvalue weighted by Gasteiger charge is 2.35. The summed E-state index contributed by atoms with van der Waals surface area (Å²) >= 11 is 0. The second kappa shape index (κ2) is 7.90. The van der Waals surface area contributed by atoms with E-state index >= 15 is 0 Å². The number of rotatable bonds is 5. The average molecular weight is 377 g/mol. The topological polar surface area (TPSA) is 94.1 Å². The van der Waals surface area contributed by atoms with Crippen LogP contribution in [-0.2, 0) is 11.3 Å². The predicted molar refractivity (Wildman–Crippen MR) is 107 cm³/mol. The Balaban J connectivity index is 1.44. The third-order valence-electron chi connectivity index (χ3n) is 5.49. The molecule has 1 aromatic heterocycles. The molecule has 0 unspecified atom stereocenters. The van der Waals surface area contributed by atoms with Crippen molar-refractivity contribution in [3.05, 3.63) is 70.5 Å². The lowest BCUT2D eigenvalue weighted by Gasteiger charge is -2.17. The Kier molecular flexibility index (Phi) is 5.16. The fraction of sp³-hybridized carbons (Fsp3) is 0.333. The van der Waals surface area contributed by atoms with Crippen molar-refractivity contribution < 1.29 is 4.79 Å². The van der Waals surface area contributed by atoms with Gasteiger partial charge >= 0.3 is 0 Å². The minimum absolute atomic E-state index is 0.0127. The Morgan fingerprint density at radius 3 is 2.61 bits per heavy atom. The first-order chi connectivity index (χ1) is 13.7. The van der Waals surface area contributed by atoms with Crippen LogP contribution in [0, 0.1) is 5.92 Å². The first kappa shape index (κ1) is 18.3. The van der Waals surface area contributed by atoms with E-state index in [4.69, 9.17) is 5.73 Å². The van der Waals surface area contributed by atoms with Crippen molar-refractivity contribution in [3.63, 3.8) is 0 Å². The number of hydrogen-bond acceptors (Lipinski definition) is 5. The van der Waals surface area contributed by atoms with Gasteiger partial charge in [0.2, 0.25) is 5.91 Å². The zero-order valence-electron chi connectivity index (χ0n) is 15.6. The number of amides is 1. The summed E-state index contributed by atoms with van der Waals surface area (Å²) in [6.45, 7) is 2.06. The van der Waals surface area contributed by atoms with Gasteiger partial charge in [0.25, 0.3) is 5.56 Å². The van der Waals surface area contributed by atoms with Crippen LogP contribution in [0.25, 0.3) is 10.9 Å². The van der Waals surface area contributed by atoms with Crippen LogP contribution in [0.5, 0.6) is 0 Å². The average Bonchev–Trinajstić information content (AvgIpc) is 3.18. The zero-order chi connectivity index (χ0) is 19.5. The lowest BCUT2D eigenvalue weighted by atomic mass is 9.89. The molecule has 2 aromatic carbocycles. The van der Waals surface area contributed by atoms with Gasteiger partial charge in [-0.1, -0.05) is 47.7 Å². The molecule has 3 aromatic rings. The van der Waals surface area contributed by atoms with Gasteiger partial charge in [-0.2, -0.15) is 0 Å². The molecular formula is C21H23N5O2. The summed E-state index contributed by atoms with van der Waals surface area (Å²) in [6.07, 6.45) is 0.214. The van der Waals surface area contributed by atoms with Crippen LogP contribution >= 0.6 is 0 Å². The van der Waals surface area contributed by atoms with E-state index in [9.17, 15) is 9.59 Å². The first-order valence-corrected chi connectivity index (χ1v) is 9.52. The van der Waals surface area contributed by atoms with Crippen LogP contribution in [-0.4, -0.2) is 45.4 Å². The molecule has 0 aliphatic carbocycles. The minimum Gasteiger partial charge on any atom is -0.342 e. The summed E-state index contributed by atoms with van der Waals surface area (Å²) in [5.74, 6) is 0.506. The molecule has 7 heteroatoms. The third-order valence-corrected chi connectivity index (χ3v) is 5.49. The van der Waals surface area contributed by atoms with Crippen LogP contribution in [0.4, 0.5) is 0 Å². The Labute approximate surface area is 162 Å². The maximum Gasteiger partial charge on any atom is 0.277 e. The van der Waals surface area contributed by atoms with E-state index in [-0.39, 0.29) is 36.3 Å². The van der Waals surface area contributed by atoms with Crippen molar-refractivity contribution in [2.75, 3.05) is 19.6 Å². The molecule has 144 valence electrons. The quantitative estimate of drug-likeness (QED) is 0.725. The Bertz CT molecular complexity index is 1030. The van der Waals surface area contributed by atoms with Crippen LogP contribution in [0.15, 0.2) is 59.4 Å². The summed E-state index contributed by atoms with van der Waals surface area (Å²) in [5, 5.41) is 8.54. The molecule has 1 aliphatic heterocycles. The van der Waals surface area contributed by atoms with Crippen molar-refractivity contribution in [1.82, 2.24) is 19.9 Å². The van der Waals surface area contributed by atoms with Gasteiger partial charge in [0.1, 0.15) is 5.52 Å². The monoisotopic (exact) mass is 377 g/mol. The van der Waals surface area contributed by atoms with E-state index in [0.717, 1.165) is 0 Å². The van der Waals surface area contributed by atoms with Crippen LogP contribution in [0.2, 0.25) is 0 Å². The minimum atomic E-state index is -0.221. The van der Waals surface area contributed by atoms with Crippen LogP contribution < -0.4 is 11.3 Å². The SMILES string of the molecule is NC[C@@H]1CN(C(=O)CCn2nnc3ccccc3c2=O)C[C@H]1c1ccccc1. The Morgan fingerprint density at radius 2 is 1.82 bits per heavy atom. The molecule has 0 radical (unpaired) electrons. The molecule has 0 saturated carbocycles. The predicted octanol–water partition coefficient (Wildman–Crippen LogP) is 1.38. The highest BCUT2D eigenvalue weighted by atomic mass is 16.2. The molecule has 1 amide bonds. The lowest BCUT2D eigenvalue weighted by molar-refractivity contribution is -0.130. The smallest absolute Gasteiger partial charge is 0.277 e. The molecule has 1 aliphatic rings. The van der Waals surface area contributed by atoms with Gasteiger partial charge in [-0.25, -0.2) is 4.68 Å². The number of carbonyl (C=O) groups excluding carboxylic acids is 1. The highest BCUT2D eigenvalue weighted by Crippen LogP contribution is 2.32. The number of hydrogen-bond donors (Lipinski definition) is 1. The molecule has 4 rings (SSSR count). The molecule has 0 bridgehead atoms. The summed E-state index contributed by atoms with van der Waals surface area (Å²) in [4.78, 5) is 27.1. The number of aromatic nitrogens is 3. The van der Waals surface area contributed by atoms with Crippen molar-refractivity contribution in [1.29, 1.82) is 0 Å². The number of carbonyl (C=O) groups is 1. The maximum atomic E-state index is 12.8. The largest absolute Gasteiger partial charge is 0.342 e. The standard InChI is InChI=1S/C21H23N5O2/c22-12-16-13-25(14-18(16)15-6-2-1-3-7-15)20(27)10-11-26-21(28)17-8-4-5-9-19(17)23-24-26/h1-9,16,18H,10-14,22H2/t16-,18+/m1/s1. The van der Waals surface area contributed by atoms with Gasteiger partial charge in [-0.05, 0) is 30.2 Å². The van der Waals surface area contributed by atoms with Gasteiger partial charge in [-0.15, -0.1) is 5.10 Å². The van der Waals surface area contributed by atoms with Gasteiger partial charge in [0, 0.05) is 25.4 Å². The van der Waals surface area contributed by atoms with Gasteiger partial charge in [0.05, 0.1) is 11.9 Å². The highest BCUT2D eigenvalue weighted by molar-refractivity contribution is 5.77. The van der Waals surface area contributed by atoms with E-state index in [0.29, 0.717) is 30.5 Å². The molecule has 1 saturated heterocycles. The summed E-state index contributed by atoms with van der Waals surface area (Å²) in [6, 6.07) is 17.3. The Morgan fingerprint density at radius 1 is 1.07 bits per heavy atom. The van der Waals surface area contributed by atoms with Crippen LogP contribution in [0.1, 0.15) is 17.9 Å². The molecule has 28 heavy (non-hydrogen) atoms. The molecule has 2 N–H and O–H groups in total. The van der Waals surface area contributed by atoms with Crippen molar-refractivity contribution in [2.45, 2.75) is 18.9 Å². The second-order valence-electron chi connectivity index (χ2n) is 7.20. The number of nitrogens with zero attached hydrogens (tertiary/aromatic N) is 4. The van der Waals surface area contributed by atoms with E-state index in [2.05, 4.69) is 22.4 Å². The second-order valence-corrected chi connectivity index (χ2v) is 7.20. The number of fused-ring (bicyclic) bond motifs is 1. The molecule has 2 atom stereocenters. The van der Waals surface area contributed by atoms with Crippen molar-refractivity contribution >= 4 is 16.8 Å². The van der Waals surface area contributed by atoms with Crippen molar-refractivity contribution in [2.24, 2.45) is 11.7 Å². The first-order valence-electron chi connectivity index (χ1n) is 9.52. The molecule has 1 fully saturated rings. The number of benzene rings is 2. The summed E-state index contributed by atoms with van der Waals surface area (Å²) in [5.41, 5.74) is 7.51. The molecule has 0 spiro atoms. The van der Waals surface area contributed by atoms with E-state index < -0.39 is 0 Å². The normalized spacial score (nSPS) is 19.2. The fourth-order valence-corrected chi connectivity index (χ4v) is 3.92. The molecule has 7 nitrogen and oxygen atoms in total. The molecular weight excluding hydrogens is 354 g/mol. The van der Waals surface area contributed by atoms with Gasteiger partial charge < -0.3 is 10.6 Å². The zero-order valence-corrected chi connectivity index (χ0v) is 15.6. The van der Waals surface area contributed by atoms with E-state index in [1.807, 2.05) is 29.2 Å². The summed E-state index contributed by atoms with van der Waals surface area (Å²) in [7, 11) is 0. The van der Waals surface area contributed by atoms with E-state index in [1.54, 1.807) is 18.2 Å². The van der Waals surface area contributed by atoms with Crippen LogP contribution in [0.3, 0.4) is 0 Å². The van der Waals surface area contributed by atoms with E-state index in [1.165, 1.54) is 10.2 Å². The molecule has 2 heterocycles. The summed E-state index contributed by atoms with van der Waals surface area (Å²) < 4.78 is 1.27. The lowest BCUT2D eigenvalue weighted by Crippen LogP contribution is -2.32. The number of likely N-dealkylation sites (tertiary alicyclic amines) is 1. The fourth-order valence-electron chi connectivity index (χ4n) is 3.92. The number of aryl methyl sites for hydroxylation is 1. The number of nitrogens with two attached hydrogens (primary N) is 1. The van der Waals surface area contributed by atoms with Gasteiger partial charge in [0.15, 0.2) is 0 Å². The van der Waals surface area contributed by atoms with Gasteiger partial charge in [-0.3, -0.25) is 9.59 Å². The third kappa shape index (κ3) is 3.53. The van der Waals surface area contributed by atoms with Crippen molar-refractivity contribution in [3.8, 4) is 0 Å². The maximum absolute atomic E-state index is 12.8. The Hall–Kier alpha value is -3.06.